The molecule has 3 aromatic carbocycles. The molecule has 5 heterocycles. The van der Waals surface area contributed by atoms with Gasteiger partial charge in [-0.05, 0) is 105 Å². The van der Waals surface area contributed by atoms with Crippen molar-refractivity contribution in [1.29, 1.82) is 0 Å². The Morgan fingerprint density at radius 3 is 2.35 bits per heavy atom. The highest BCUT2D eigenvalue weighted by atomic mass is 35.5. The first kappa shape index (κ1) is 62.6. The van der Waals surface area contributed by atoms with Gasteiger partial charge in [0.2, 0.25) is 23.6 Å². The average molecular weight is 1190 g/mol. The molecule has 1 saturated carbocycles. The molecule has 3 saturated heterocycles. The van der Waals surface area contributed by atoms with E-state index < -0.39 is 11.6 Å². The van der Waals surface area contributed by atoms with Crippen LogP contribution in [0.1, 0.15) is 110 Å². The molecular weight excluding hydrogens is 1100 g/mol. The van der Waals surface area contributed by atoms with Gasteiger partial charge < -0.3 is 66.2 Å². The zero-order valence-electron chi connectivity index (χ0n) is 49.4. The number of hydrogen-bond donors (Lipinski definition) is 7. The van der Waals surface area contributed by atoms with Crippen LogP contribution >= 0.6 is 11.6 Å². The van der Waals surface area contributed by atoms with Gasteiger partial charge in [0.05, 0.1) is 57.0 Å². The Morgan fingerprint density at radius 2 is 1.58 bits per heavy atom. The lowest BCUT2D eigenvalue weighted by atomic mass is 9.83. The first-order valence-electron chi connectivity index (χ1n) is 30.5. The van der Waals surface area contributed by atoms with Crippen molar-refractivity contribution in [2.45, 2.75) is 101 Å². The molecule has 3 aliphatic heterocycles. The van der Waals surface area contributed by atoms with E-state index in [1.54, 1.807) is 19.5 Å². The number of nitrogens with zero attached hydrogens (tertiary/aromatic N) is 6. The van der Waals surface area contributed by atoms with Crippen molar-refractivity contribution in [2.75, 3.05) is 117 Å². The number of methoxy groups -OCH3 is 1. The number of fused-ring (bicyclic) bond motifs is 1. The number of halogens is 1. The van der Waals surface area contributed by atoms with E-state index in [1.165, 1.54) is 0 Å². The summed E-state index contributed by atoms with van der Waals surface area (Å²) >= 11 is 6.27. The largest absolute Gasteiger partial charge is 0.497 e. The number of amides is 5. The van der Waals surface area contributed by atoms with E-state index in [0.29, 0.717) is 114 Å². The van der Waals surface area contributed by atoms with E-state index in [4.69, 9.17) is 31.5 Å². The molecule has 0 spiro atoms. The summed E-state index contributed by atoms with van der Waals surface area (Å²) in [6.07, 6.45) is 11.6. The summed E-state index contributed by atoms with van der Waals surface area (Å²) in [5.41, 5.74) is 9.99. The normalized spacial score (nSPS) is 18.4. The summed E-state index contributed by atoms with van der Waals surface area (Å²) in [5, 5.41) is 17.5. The van der Waals surface area contributed by atoms with Crippen LogP contribution in [-0.2, 0) is 30.5 Å². The van der Waals surface area contributed by atoms with E-state index in [0.717, 1.165) is 90.8 Å². The molecule has 9 rings (SSSR count). The van der Waals surface area contributed by atoms with Crippen molar-refractivity contribution in [2.24, 2.45) is 11.7 Å². The van der Waals surface area contributed by atoms with Crippen LogP contribution in [0.2, 0.25) is 5.02 Å². The van der Waals surface area contributed by atoms with Gasteiger partial charge in [-0.25, -0.2) is 9.97 Å². The molecule has 458 valence electrons. The third kappa shape index (κ3) is 17.2. The molecule has 0 bridgehead atoms. The molecule has 8 N–H and O–H groups in total. The van der Waals surface area contributed by atoms with Crippen LogP contribution in [0.25, 0.3) is 11.0 Å². The fraction of sp³-hybridized carbons (Fsp3) is 0.540. The van der Waals surface area contributed by atoms with E-state index >= 15 is 0 Å². The van der Waals surface area contributed by atoms with Crippen LogP contribution in [-0.4, -0.2) is 183 Å². The SMILES string of the molecule is CCOc1cc(OC)ccc1CNCC(=O)N1CCCC(c2cccc(C(=O)N[C@@H](C(=O)NCCOCCNCC(=O)N3CCN(CC[C@H](NC(=O)C4(N)CCN(c5ncnc6[nH]ccc56)CC4)c4ccc(Cl)cc4)CC3)C3CCCCC3)c2)C1. The Kier molecular flexibility index (Phi) is 22.8. The maximum absolute atomic E-state index is 14.0. The number of benzene rings is 3. The molecule has 2 aromatic heterocycles. The number of likely N-dealkylation sites (tertiary alicyclic amines) is 1. The molecule has 3 atom stereocenters. The average Bonchev–Trinajstić information content (AvgIpc) is 4.25. The second kappa shape index (κ2) is 31.0. The molecule has 4 fully saturated rings. The Labute approximate surface area is 504 Å². The van der Waals surface area contributed by atoms with E-state index in [2.05, 4.69) is 51.3 Å². The number of rotatable bonds is 27. The second-order valence-electron chi connectivity index (χ2n) is 22.9. The molecule has 85 heavy (non-hydrogen) atoms. The highest BCUT2D eigenvalue weighted by Gasteiger charge is 2.40. The molecule has 5 amide bonds. The predicted octanol–water partition coefficient (Wildman–Crippen LogP) is 5.31. The van der Waals surface area contributed by atoms with Gasteiger partial charge in [-0.3, -0.25) is 28.9 Å². The minimum absolute atomic E-state index is 0.0212. The summed E-state index contributed by atoms with van der Waals surface area (Å²) < 4.78 is 17.0. The predicted molar refractivity (Wildman–Crippen MR) is 328 cm³/mol. The number of piperidine rings is 2. The van der Waals surface area contributed by atoms with Crippen molar-refractivity contribution >= 4 is 58.0 Å². The molecule has 21 nitrogen and oxygen atoms in total. The Morgan fingerprint density at radius 1 is 0.812 bits per heavy atom. The molecular formula is C63H86ClN13O8. The number of aromatic nitrogens is 3. The first-order chi connectivity index (χ1) is 41.4. The van der Waals surface area contributed by atoms with Gasteiger partial charge in [-0.15, -0.1) is 0 Å². The third-order valence-electron chi connectivity index (χ3n) is 17.3. The minimum atomic E-state index is -1.03. The van der Waals surface area contributed by atoms with Crippen LogP contribution in [0, 0.1) is 5.92 Å². The summed E-state index contributed by atoms with van der Waals surface area (Å²) in [5.74, 6) is 1.73. The number of ether oxygens (including phenoxy) is 3. The fourth-order valence-electron chi connectivity index (χ4n) is 12.2. The van der Waals surface area contributed by atoms with Crippen molar-refractivity contribution in [1.82, 2.24) is 56.2 Å². The number of anilines is 1. The van der Waals surface area contributed by atoms with Gasteiger partial charge in [0.1, 0.15) is 35.3 Å². The molecule has 1 unspecified atom stereocenters. The lowest BCUT2D eigenvalue weighted by molar-refractivity contribution is -0.132. The number of nitrogens with one attached hydrogen (secondary N) is 6. The van der Waals surface area contributed by atoms with Gasteiger partial charge in [0, 0.05) is 113 Å². The lowest BCUT2D eigenvalue weighted by Gasteiger charge is -2.39. The Balaban J connectivity index is 0.660. The number of carbonyl (C=O) groups is 5. The van der Waals surface area contributed by atoms with Crippen molar-refractivity contribution in [3.8, 4) is 11.5 Å². The number of H-pyrrole nitrogens is 1. The Hall–Kier alpha value is -6.88. The van der Waals surface area contributed by atoms with Crippen LogP contribution in [0.3, 0.4) is 0 Å². The quantitative estimate of drug-likeness (QED) is 0.0329. The third-order valence-corrected chi connectivity index (χ3v) is 17.5. The van der Waals surface area contributed by atoms with Gasteiger partial charge in [-0.1, -0.05) is 61.2 Å². The molecule has 5 aromatic rings. The zero-order valence-corrected chi connectivity index (χ0v) is 50.1. The number of nitrogens with two attached hydrogens (primary N) is 1. The van der Waals surface area contributed by atoms with Gasteiger partial charge in [0.25, 0.3) is 5.91 Å². The maximum atomic E-state index is 14.0. The van der Waals surface area contributed by atoms with Gasteiger partial charge in [-0.2, -0.15) is 0 Å². The van der Waals surface area contributed by atoms with Crippen LogP contribution in [0.15, 0.2) is 85.3 Å². The summed E-state index contributed by atoms with van der Waals surface area (Å²) in [6.45, 7) is 10.4. The number of carbonyl (C=O) groups excluding carboxylic acids is 5. The maximum Gasteiger partial charge on any atom is 0.251 e. The highest BCUT2D eigenvalue weighted by molar-refractivity contribution is 6.30. The Bertz CT molecular complexity index is 3000. The second-order valence-corrected chi connectivity index (χ2v) is 23.3. The van der Waals surface area contributed by atoms with E-state index in [-0.39, 0.29) is 73.7 Å². The summed E-state index contributed by atoms with van der Waals surface area (Å²) in [7, 11) is 1.62. The molecule has 0 radical (unpaired) electrons. The lowest BCUT2D eigenvalue weighted by Crippen LogP contribution is -2.60. The van der Waals surface area contributed by atoms with E-state index in [9.17, 15) is 24.0 Å². The first-order valence-corrected chi connectivity index (χ1v) is 30.9. The molecule has 1 aliphatic carbocycles. The van der Waals surface area contributed by atoms with Crippen LogP contribution in [0.4, 0.5) is 5.82 Å². The monoisotopic (exact) mass is 1190 g/mol. The van der Waals surface area contributed by atoms with Crippen LogP contribution < -0.4 is 46.7 Å². The molecule has 4 aliphatic rings. The van der Waals surface area contributed by atoms with Crippen molar-refractivity contribution in [3.63, 3.8) is 0 Å². The zero-order chi connectivity index (χ0) is 59.5. The fourth-order valence-corrected chi connectivity index (χ4v) is 12.4. The van der Waals surface area contributed by atoms with Crippen molar-refractivity contribution in [3.05, 3.63) is 113 Å². The van der Waals surface area contributed by atoms with E-state index in [1.807, 2.05) is 89.7 Å². The minimum Gasteiger partial charge on any atom is -0.497 e. The van der Waals surface area contributed by atoms with Gasteiger partial charge >= 0.3 is 0 Å². The van der Waals surface area contributed by atoms with Gasteiger partial charge in [0.15, 0.2) is 0 Å². The van der Waals surface area contributed by atoms with Crippen molar-refractivity contribution < 1.29 is 38.2 Å². The number of aromatic amines is 1. The highest BCUT2D eigenvalue weighted by Crippen LogP contribution is 2.32. The number of hydrogen-bond acceptors (Lipinski definition) is 15. The summed E-state index contributed by atoms with van der Waals surface area (Å²) in [4.78, 5) is 88.7. The smallest absolute Gasteiger partial charge is 0.251 e. The standard InChI is InChI=1S/C63H86ClN13O8/c1-3-85-54-38-51(83-2)19-16-48(54)39-67-41-56(79)77-27-8-13-49(42-77)46-11-7-12-47(37-46)60(80)73-57(45-9-5-4-6-10-45)61(81)69-26-36-84-35-25-66-40-55(78)75-33-31-74(32-34-75)28-21-53(44-14-17-50(64)18-15-44)72-62(82)63(65)22-29-76(30-23-63)59-52-20-24-68-58(52)70-43-71-59/h7,11-12,14-20,24,37-38,43,45,49,53,57,66-67H,3-6,8-10,13,21-23,25-36,39-42,65H2,1-2H3,(H,69,81)(H,72,82)(H,73,80)(H,68,70,71)/t49?,53-,57+/m0/s1. The topological polar surface area (TPSA) is 254 Å². The summed E-state index contributed by atoms with van der Waals surface area (Å²) in [6, 6.07) is 21.9. The van der Waals surface area contributed by atoms with Crippen LogP contribution in [0.5, 0.6) is 11.5 Å². The number of piperazine rings is 1. The molecule has 22 heteroatoms.